The summed E-state index contributed by atoms with van der Waals surface area (Å²) in [6, 6.07) is 0. The van der Waals surface area contributed by atoms with Crippen LogP contribution in [0.25, 0.3) is 0 Å². The molecule has 1 radical (unpaired) electrons. The Kier molecular flexibility index (Phi) is 0.686. The Morgan fingerprint density at radius 2 is 2.17 bits per heavy atom. The molecule has 0 aromatic carbocycles. The topological polar surface area (TPSA) is 0 Å². The largest absolute Gasteiger partial charge is 0.0649 e. The first-order valence-corrected chi connectivity index (χ1v) is 2.62. The smallest absolute Gasteiger partial charge is 0.0299 e. The molecule has 0 nitrogen and oxygen atoms in total. The van der Waals surface area contributed by atoms with E-state index in [0.29, 0.717) is 5.41 Å². The standard InChI is InChI=1S/C6H11/c1-3-6(2)4-5-6/h2-5H2,1H3. The van der Waals surface area contributed by atoms with Gasteiger partial charge in [-0.1, -0.05) is 13.3 Å². The molecule has 0 saturated heterocycles. The highest BCUT2D eigenvalue weighted by Crippen LogP contribution is 2.47. The number of hydrogen-bond donors (Lipinski definition) is 0. The third-order valence-electron chi connectivity index (χ3n) is 1.71. The maximum absolute atomic E-state index is 4.00. The molecule has 0 spiro atoms. The van der Waals surface area contributed by atoms with Crippen LogP contribution in [0, 0.1) is 12.3 Å². The molecule has 0 N–H and O–H groups in total. The minimum atomic E-state index is 0.542. The highest BCUT2D eigenvalue weighted by molar-refractivity contribution is 4.93. The van der Waals surface area contributed by atoms with E-state index in [1.165, 1.54) is 19.3 Å². The van der Waals surface area contributed by atoms with E-state index in [2.05, 4.69) is 13.8 Å². The molecule has 35 valence electrons. The second-order valence-corrected chi connectivity index (χ2v) is 2.35. The fourth-order valence-electron chi connectivity index (χ4n) is 0.530. The molecule has 0 aromatic heterocycles. The molecule has 1 rings (SSSR count). The lowest BCUT2D eigenvalue weighted by Crippen LogP contribution is -1.85. The van der Waals surface area contributed by atoms with Gasteiger partial charge in [-0.3, -0.25) is 0 Å². The van der Waals surface area contributed by atoms with Gasteiger partial charge in [-0.2, -0.15) is 0 Å². The molecule has 0 unspecified atom stereocenters. The van der Waals surface area contributed by atoms with Crippen LogP contribution >= 0.6 is 0 Å². The lowest BCUT2D eigenvalue weighted by Gasteiger charge is -1.96. The van der Waals surface area contributed by atoms with E-state index >= 15 is 0 Å². The lowest BCUT2D eigenvalue weighted by atomic mass is 10.1. The molecular weight excluding hydrogens is 72.1 g/mol. The highest BCUT2D eigenvalue weighted by atomic mass is 14.4. The molecule has 0 atom stereocenters. The quantitative estimate of drug-likeness (QED) is 0.455. The van der Waals surface area contributed by atoms with Crippen LogP contribution in [-0.2, 0) is 0 Å². The van der Waals surface area contributed by atoms with Crippen LogP contribution in [0.5, 0.6) is 0 Å². The molecule has 0 heterocycles. The summed E-state index contributed by atoms with van der Waals surface area (Å²) >= 11 is 0. The third kappa shape index (κ3) is 0.562. The molecule has 0 bridgehead atoms. The highest BCUT2D eigenvalue weighted by Gasteiger charge is 2.34. The van der Waals surface area contributed by atoms with Crippen molar-refractivity contribution in [2.75, 3.05) is 0 Å². The summed E-state index contributed by atoms with van der Waals surface area (Å²) in [5, 5.41) is 0. The Balaban J connectivity index is 2.28. The van der Waals surface area contributed by atoms with Gasteiger partial charge in [0.15, 0.2) is 0 Å². The van der Waals surface area contributed by atoms with Crippen molar-refractivity contribution < 1.29 is 0 Å². The molecule has 6 heavy (non-hydrogen) atoms. The zero-order valence-electron chi connectivity index (χ0n) is 4.33. The van der Waals surface area contributed by atoms with Crippen LogP contribution < -0.4 is 0 Å². The van der Waals surface area contributed by atoms with Crippen molar-refractivity contribution in [1.29, 1.82) is 0 Å². The normalized spacial score (nSPS) is 27.0. The van der Waals surface area contributed by atoms with E-state index in [1.807, 2.05) is 0 Å². The molecule has 1 fully saturated rings. The van der Waals surface area contributed by atoms with Crippen LogP contribution in [0.2, 0.25) is 0 Å². The van der Waals surface area contributed by atoms with E-state index in [1.54, 1.807) is 0 Å². The minimum absolute atomic E-state index is 0.542. The maximum atomic E-state index is 4.00. The van der Waals surface area contributed by atoms with Crippen molar-refractivity contribution in [3.05, 3.63) is 6.92 Å². The molecular formula is C6H11. The molecule has 1 aliphatic carbocycles. The van der Waals surface area contributed by atoms with Crippen molar-refractivity contribution in [2.24, 2.45) is 5.41 Å². The van der Waals surface area contributed by atoms with E-state index in [0.717, 1.165) is 0 Å². The number of rotatable bonds is 1. The second-order valence-electron chi connectivity index (χ2n) is 2.35. The maximum Gasteiger partial charge on any atom is -0.0299 e. The van der Waals surface area contributed by atoms with Gasteiger partial charge in [0.2, 0.25) is 0 Å². The lowest BCUT2D eigenvalue weighted by molar-refractivity contribution is 0.620. The van der Waals surface area contributed by atoms with Crippen LogP contribution in [0.3, 0.4) is 0 Å². The van der Waals surface area contributed by atoms with E-state index in [9.17, 15) is 0 Å². The first-order chi connectivity index (χ1) is 2.77. The van der Waals surface area contributed by atoms with E-state index in [-0.39, 0.29) is 0 Å². The second kappa shape index (κ2) is 0.988. The van der Waals surface area contributed by atoms with Gasteiger partial charge in [0.1, 0.15) is 0 Å². The zero-order valence-corrected chi connectivity index (χ0v) is 4.33. The summed E-state index contributed by atoms with van der Waals surface area (Å²) < 4.78 is 0. The van der Waals surface area contributed by atoms with Gasteiger partial charge >= 0.3 is 0 Å². The average molecular weight is 83.2 g/mol. The Bertz CT molecular complexity index is 51.1. The molecule has 0 heteroatoms. The number of hydrogen-bond acceptors (Lipinski definition) is 0. The average Bonchev–Trinajstić information content (AvgIpc) is 2.22. The summed E-state index contributed by atoms with van der Waals surface area (Å²) in [5.41, 5.74) is 0.542. The summed E-state index contributed by atoms with van der Waals surface area (Å²) in [6.07, 6.45) is 4.00. The predicted octanol–water partition coefficient (Wildman–Crippen LogP) is 2.01. The summed E-state index contributed by atoms with van der Waals surface area (Å²) in [5.74, 6) is 0. The Hall–Kier alpha value is 0. The first kappa shape index (κ1) is 4.17. The molecule has 0 aliphatic heterocycles. The van der Waals surface area contributed by atoms with Crippen molar-refractivity contribution >= 4 is 0 Å². The Morgan fingerprint density at radius 1 is 1.67 bits per heavy atom. The van der Waals surface area contributed by atoms with Gasteiger partial charge in [-0.15, -0.1) is 0 Å². The summed E-state index contributed by atoms with van der Waals surface area (Å²) in [4.78, 5) is 0. The SMILES string of the molecule is [CH2]C1(CC)CC1. The van der Waals surface area contributed by atoms with Gasteiger partial charge in [0.25, 0.3) is 0 Å². The minimum Gasteiger partial charge on any atom is -0.0649 e. The Morgan fingerprint density at radius 3 is 2.17 bits per heavy atom. The van der Waals surface area contributed by atoms with Crippen LogP contribution in [0.15, 0.2) is 0 Å². The molecule has 0 amide bonds. The van der Waals surface area contributed by atoms with Gasteiger partial charge in [0.05, 0.1) is 0 Å². The van der Waals surface area contributed by atoms with Crippen molar-refractivity contribution in [3.8, 4) is 0 Å². The van der Waals surface area contributed by atoms with Gasteiger partial charge in [-0.05, 0) is 25.2 Å². The van der Waals surface area contributed by atoms with Crippen molar-refractivity contribution in [3.63, 3.8) is 0 Å². The van der Waals surface area contributed by atoms with Gasteiger partial charge in [0, 0.05) is 0 Å². The van der Waals surface area contributed by atoms with Crippen LogP contribution in [0.4, 0.5) is 0 Å². The van der Waals surface area contributed by atoms with Gasteiger partial charge in [-0.25, -0.2) is 0 Å². The third-order valence-corrected chi connectivity index (χ3v) is 1.71. The summed E-state index contributed by atoms with van der Waals surface area (Å²) in [7, 11) is 0. The Labute approximate surface area is 39.6 Å². The monoisotopic (exact) mass is 83.1 g/mol. The molecule has 0 aromatic rings. The fourth-order valence-corrected chi connectivity index (χ4v) is 0.530. The predicted molar refractivity (Wildman–Crippen MR) is 27.3 cm³/mol. The molecule has 1 saturated carbocycles. The van der Waals surface area contributed by atoms with E-state index < -0.39 is 0 Å². The summed E-state index contributed by atoms with van der Waals surface area (Å²) in [6.45, 7) is 6.21. The fraction of sp³-hybridized carbons (Fsp3) is 0.833. The van der Waals surface area contributed by atoms with Gasteiger partial charge < -0.3 is 0 Å². The molecule has 1 aliphatic rings. The van der Waals surface area contributed by atoms with Crippen molar-refractivity contribution in [2.45, 2.75) is 26.2 Å². The van der Waals surface area contributed by atoms with Crippen LogP contribution in [0.1, 0.15) is 26.2 Å². The van der Waals surface area contributed by atoms with Crippen molar-refractivity contribution in [1.82, 2.24) is 0 Å². The first-order valence-electron chi connectivity index (χ1n) is 2.62. The van der Waals surface area contributed by atoms with E-state index in [4.69, 9.17) is 0 Å². The zero-order chi connectivity index (χ0) is 4.62. The van der Waals surface area contributed by atoms with Crippen LogP contribution in [-0.4, -0.2) is 0 Å².